The zero-order chi connectivity index (χ0) is 9.56. The van der Waals surface area contributed by atoms with E-state index in [1.54, 1.807) is 0 Å². The lowest BCUT2D eigenvalue weighted by molar-refractivity contribution is -0.117. The van der Waals surface area contributed by atoms with Crippen molar-refractivity contribution in [3.05, 3.63) is 0 Å². The zero-order valence-electron chi connectivity index (χ0n) is 6.13. The number of thiol groups is 2. The first kappa shape index (κ1) is 11.3. The van der Waals surface area contributed by atoms with Gasteiger partial charge in [0.1, 0.15) is 0 Å². The summed E-state index contributed by atoms with van der Waals surface area (Å²) in [5, 5.41) is 11.2. The molecule has 0 radical (unpaired) electrons. The molecule has 0 rings (SSSR count). The molecule has 0 aromatic heterocycles. The number of carbonyl (C=O) groups is 2. The van der Waals surface area contributed by atoms with Crippen molar-refractivity contribution in [2.45, 2.75) is 0 Å². The molecule has 7 heteroatoms. The van der Waals surface area contributed by atoms with Gasteiger partial charge in [0.05, 0.1) is 11.5 Å². The van der Waals surface area contributed by atoms with Gasteiger partial charge < -0.3 is 0 Å². The first-order valence-corrected chi connectivity index (χ1v) is 4.26. The van der Waals surface area contributed by atoms with Gasteiger partial charge in [-0.15, -0.1) is 0 Å². The molecule has 0 aliphatic heterocycles. The van der Waals surface area contributed by atoms with Crippen LogP contribution in [0.15, 0.2) is 0 Å². The van der Waals surface area contributed by atoms with E-state index in [0.717, 1.165) is 0 Å². The van der Waals surface area contributed by atoms with Crippen molar-refractivity contribution in [2.75, 3.05) is 11.5 Å². The number of amides is 2. The Labute approximate surface area is 80.6 Å². The molecule has 2 amide bonds. The molecule has 0 heterocycles. The minimum absolute atomic E-state index is 0.0286. The van der Waals surface area contributed by atoms with E-state index in [9.17, 15) is 9.59 Å². The van der Waals surface area contributed by atoms with Gasteiger partial charge in [0.2, 0.25) is 17.8 Å². The summed E-state index contributed by atoms with van der Waals surface area (Å²) in [4.78, 5) is 21.2. The van der Waals surface area contributed by atoms with Crippen LogP contribution in [-0.2, 0) is 9.59 Å². The van der Waals surface area contributed by atoms with Gasteiger partial charge in [-0.25, -0.2) is 0 Å². The molecule has 0 unspecified atom stereocenters. The fourth-order valence-electron chi connectivity index (χ4n) is 0.389. The van der Waals surface area contributed by atoms with E-state index in [4.69, 9.17) is 5.41 Å². The molecule has 0 bridgehead atoms. The molecule has 0 aromatic rings. The third-order valence-electron chi connectivity index (χ3n) is 0.816. The van der Waals surface area contributed by atoms with Crippen molar-refractivity contribution in [2.24, 2.45) is 0 Å². The van der Waals surface area contributed by atoms with Crippen LogP contribution in [0.4, 0.5) is 0 Å². The second kappa shape index (κ2) is 5.90. The van der Waals surface area contributed by atoms with E-state index < -0.39 is 11.8 Å². The van der Waals surface area contributed by atoms with Crippen LogP contribution in [0.25, 0.3) is 0 Å². The maximum atomic E-state index is 10.6. The number of hydrogen-bond acceptors (Lipinski definition) is 5. The lowest BCUT2D eigenvalue weighted by Gasteiger charge is -2.04. The Morgan fingerprint density at radius 2 is 1.42 bits per heavy atom. The number of hydrogen-bond donors (Lipinski definition) is 5. The standard InChI is InChI=1S/C5H9N3O2S2/c6-5(7-3(9)1-11)8-4(10)2-12/h11-12H,1-2H2,(H3,6,7,8,9,10). The van der Waals surface area contributed by atoms with Crippen LogP contribution in [0.2, 0.25) is 0 Å². The van der Waals surface area contributed by atoms with E-state index in [1.165, 1.54) is 0 Å². The van der Waals surface area contributed by atoms with Crippen LogP contribution in [0.3, 0.4) is 0 Å². The number of nitrogens with one attached hydrogen (secondary N) is 3. The molecular formula is C5H9N3O2S2. The summed E-state index contributed by atoms with van der Waals surface area (Å²) in [6.45, 7) is 0. The highest BCUT2D eigenvalue weighted by molar-refractivity contribution is 7.81. The number of carbonyl (C=O) groups excluding carboxylic acids is 2. The maximum Gasteiger partial charge on any atom is 0.236 e. The second-order valence-corrected chi connectivity index (χ2v) is 2.42. The minimum atomic E-state index is -0.442. The molecule has 12 heavy (non-hydrogen) atoms. The highest BCUT2D eigenvalue weighted by atomic mass is 32.1. The van der Waals surface area contributed by atoms with E-state index in [-0.39, 0.29) is 17.5 Å². The van der Waals surface area contributed by atoms with Crippen molar-refractivity contribution in [3.63, 3.8) is 0 Å². The van der Waals surface area contributed by atoms with Gasteiger partial charge in [0, 0.05) is 0 Å². The normalized spacial score (nSPS) is 8.83. The van der Waals surface area contributed by atoms with Crippen molar-refractivity contribution < 1.29 is 9.59 Å². The Morgan fingerprint density at radius 3 is 1.67 bits per heavy atom. The van der Waals surface area contributed by atoms with Crippen molar-refractivity contribution in [1.29, 1.82) is 5.41 Å². The molecule has 0 spiro atoms. The van der Waals surface area contributed by atoms with E-state index in [0.29, 0.717) is 0 Å². The third kappa shape index (κ3) is 5.03. The topological polar surface area (TPSA) is 82.1 Å². The van der Waals surface area contributed by atoms with Gasteiger partial charge in [-0.2, -0.15) is 25.3 Å². The Bertz CT molecular complexity index is 187. The van der Waals surface area contributed by atoms with Gasteiger partial charge in [-0.3, -0.25) is 25.6 Å². The molecular weight excluding hydrogens is 198 g/mol. The molecule has 0 aliphatic rings. The summed E-state index contributed by atoms with van der Waals surface area (Å²) in [6.07, 6.45) is 0. The molecule has 0 fully saturated rings. The highest BCUT2D eigenvalue weighted by Gasteiger charge is 2.04. The van der Waals surface area contributed by atoms with Crippen LogP contribution >= 0.6 is 25.3 Å². The Hall–Kier alpha value is -0.690. The molecule has 68 valence electrons. The highest BCUT2D eigenvalue weighted by Crippen LogP contribution is 1.75. The lowest BCUT2D eigenvalue weighted by atomic mass is 10.6. The van der Waals surface area contributed by atoms with Crippen molar-refractivity contribution in [3.8, 4) is 0 Å². The fourth-order valence-corrected chi connectivity index (χ4v) is 0.547. The SMILES string of the molecule is N=C(NC(=O)CS)NC(=O)CS. The molecule has 5 nitrogen and oxygen atoms in total. The largest absolute Gasteiger partial charge is 0.296 e. The average Bonchev–Trinajstić information content (AvgIpc) is 2.03. The maximum absolute atomic E-state index is 10.6. The third-order valence-corrected chi connectivity index (χ3v) is 1.39. The molecule has 0 aliphatic carbocycles. The van der Waals surface area contributed by atoms with Gasteiger partial charge in [0.15, 0.2) is 0 Å². The fraction of sp³-hybridized carbons (Fsp3) is 0.400. The Balaban J connectivity index is 3.74. The predicted octanol–water partition coefficient (Wildman–Crippen LogP) is -0.987. The molecule has 0 aromatic carbocycles. The first-order chi connectivity index (χ1) is 5.60. The van der Waals surface area contributed by atoms with E-state index in [2.05, 4.69) is 35.9 Å². The van der Waals surface area contributed by atoms with Crippen LogP contribution in [0.1, 0.15) is 0 Å². The van der Waals surface area contributed by atoms with Crippen molar-refractivity contribution in [1.82, 2.24) is 10.6 Å². The van der Waals surface area contributed by atoms with Crippen LogP contribution in [0, 0.1) is 5.41 Å². The summed E-state index contributed by atoms with van der Waals surface area (Å²) in [5.41, 5.74) is 0. The quantitative estimate of drug-likeness (QED) is 0.229. The van der Waals surface area contributed by atoms with Crippen LogP contribution in [0.5, 0.6) is 0 Å². The van der Waals surface area contributed by atoms with Crippen LogP contribution < -0.4 is 10.6 Å². The van der Waals surface area contributed by atoms with E-state index >= 15 is 0 Å². The summed E-state index contributed by atoms with van der Waals surface area (Å²) in [7, 11) is 0. The predicted molar refractivity (Wildman–Crippen MR) is 51.7 cm³/mol. The Morgan fingerprint density at radius 1 is 1.08 bits per heavy atom. The number of rotatable bonds is 2. The molecule has 0 saturated heterocycles. The van der Waals surface area contributed by atoms with Gasteiger partial charge in [-0.05, 0) is 0 Å². The monoisotopic (exact) mass is 207 g/mol. The van der Waals surface area contributed by atoms with Gasteiger partial charge in [-0.1, -0.05) is 0 Å². The van der Waals surface area contributed by atoms with Crippen LogP contribution in [-0.4, -0.2) is 29.3 Å². The van der Waals surface area contributed by atoms with Gasteiger partial charge in [0.25, 0.3) is 0 Å². The van der Waals surface area contributed by atoms with E-state index in [1.807, 2.05) is 0 Å². The molecule has 3 N–H and O–H groups in total. The number of guanidine groups is 1. The summed E-state index contributed by atoms with van der Waals surface area (Å²) in [6, 6.07) is 0. The smallest absolute Gasteiger partial charge is 0.236 e. The van der Waals surface area contributed by atoms with Crippen molar-refractivity contribution >= 4 is 43.0 Å². The molecule has 0 saturated carbocycles. The Kier molecular flexibility index (Phi) is 5.56. The lowest BCUT2D eigenvalue weighted by Crippen LogP contribution is -2.44. The minimum Gasteiger partial charge on any atom is -0.296 e. The zero-order valence-corrected chi connectivity index (χ0v) is 7.91. The summed E-state index contributed by atoms with van der Waals surface area (Å²) < 4.78 is 0. The summed E-state index contributed by atoms with van der Waals surface area (Å²) >= 11 is 7.33. The van der Waals surface area contributed by atoms with Gasteiger partial charge >= 0.3 is 0 Å². The second-order valence-electron chi connectivity index (χ2n) is 1.79. The first-order valence-electron chi connectivity index (χ1n) is 3.00. The average molecular weight is 207 g/mol. The summed E-state index contributed by atoms with van der Waals surface area (Å²) in [5.74, 6) is -1.29. The molecule has 0 atom stereocenters.